The third kappa shape index (κ3) is 3.94. The van der Waals surface area contributed by atoms with Gasteiger partial charge in [0.25, 0.3) is 5.91 Å². The molecule has 1 aromatic heterocycles. The number of nitrogen functional groups attached to an aromatic ring is 1. The number of amides is 3. The van der Waals surface area contributed by atoms with Crippen LogP contribution in [0.1, 0.15) is 26.0 Å². The van der Waals surface area contributed by atoms with E-state index in [4.69, 9.17) is 5.73 Å². The van der Waals surface area contributed by atoms with E-state index in [0.29, 0.717) is 22.9 Å². The van der Waals surface area contributed by atoms with E-state index in [9.17, 15) is 9.59 Å². The third-order valence-corrected chi connectivity index (χ3v) is 3.92. The van der Waals surface area contributed by atoms with Crippen molar-refractivity contribution >= 4 is 28.4 Å². The minimum Gasteiger partial charge on any atom is -0.375 e. The van der Waals surface area contributed by atoms with Gasteiger partial charge >= 0.3 is 6.03 Å². The highest BCUT2D eigenvalue weighted by Crippen LogP contribution is 2.13. The summed E-state index contributed by atoms with van der Waals surface area (Å²) in [5.41, 5.74) is 7.66. The summed E-state index contributed by atoms with van der Waals surface area (Å²) in [5.74, 6) is -0.162. The Morgan fingerprint density at radius 2 is 2.33 bits per heavy atom. The monoisotopic (exact) mass is 309 g/mol. The molecule has 2 rings (SSSR count). The summed E-state index contributed by atoms with van der Waals surface area (Å²) in [7, 11) is 0. The van der Waals surface area contributed by atoms with Crippen LogP contribution < -0.4 is 21.7 Å². The normalized spacial score (nSPS) is 18.2. The van der Waals surface area contributed by atoms with Crippen LogP contribution >= 0.6 is 11.3 Å². The summed E-state index contributed by atoms with van der Waals surface area (Å²) < 4.78 is 0. The second kappa shape index (κ2) is 6.57. The number of urea groups is 1. The van der Waals surface area contributed by atoms with Crippen LogP contribution in [-0.4, -0.2) is 29.5 Å². The van der Waals surface area contributed by atoms with Crippen LogP contribution in [0.2, 0.25) is 0 Å². The number of hydrogen-bond acceptors (Lipinski definition) is 5. The first-order chi connectivity index (χ1) is 9.97. The first-order valence-corrected chi connectivity index (χ1v) is 7.61. The van der Waals surface area contributed by atoms with Crippen molar-refractivity contribution in [3.8, 4) is 0 Å². The molecule has 3 amide bonds. The molecular weight excluding hydrogens is 290 g/mol. The molecule has 0 bridgehead atoms. The lowest BCUT2D eigenvalue weighted by molar-refractivity contribution is -0.117. The predicted octanol–water partition coefficient (Wildman–Crippen LogP) is 0.749. The van der Waals surface area contributed by atoms with Gasteiger partial charge in [0.15, 0.2) is 5.13 Å². The van der Waals surface area contributed by atoms with Gasteiger partial charge in [-0.25, -0.2) is 9.78 Å². The molecular formula is C13H19N5O2S. The number of anilines is 1. The molecule has 5 N–H and O–H groups in total. The molecule has 0 spiro atoms. The number of nitrogens with one attached hydrogen (secondary N) is 3. The van der Waals surface area contributed by atoms with Gasteiger partial charge in [-0.1, -0.05) is 0 Å². The number of allylic oxidation sites excluding steroid dienone is 1. The predicted molar refractivity (Wildman–Crippen MR) is 81.7 cm³/mol. The van der Waals surface area contributed by atoms with E-state index < -0.39 is 0 Å². The van der Waals surface area contributed by atoms with E-state index >= 15 is 0 Å². The molecule has 114 valence electrons. The van der Waals surface area contributed by atoms with Crippen molar-refractivity contribution in [3.63, 3.8) is 0 Å². The second-order valence-electron chi connectivity index (χ2n) is 4.90. The molecule has 0 aliphatic carbocycles. The van der Waals surface area contributed by atoms with Gasteiger partial charge in [0, 0.05) is 17.6 Å². The summed E-state index contributed by atoms with van der Waals surface area (Å²) >= 11 is 1.42. The highest BCUT2D eigenvalue weighted by molar-refractivity contribution is 7.13. The molecule has 0 aromatic carbocycles. The summed E-state index contributed by atoms with van der Waals surface area (Å²) in [6.07, 6.45) is 1.56. The zero-order valence-electron chi connectivity index (χ0n) is 12.0. The molecule has 1 aromatic rings. The summed E-state index contributed by atoms with van der Waals surface area (Å²) in [6.45, 7) is 4.06. The van der Waals surface area contributed by atoms with Crippen LogP contribution in [0, 0.1) is 0 Å². The van der Waals surface area contributed by atoms with Crippen LogP contribution in [0.15, 0.2) is 16.7 Å². The fourth-order valence-electron chi connectivity index (χ4n) is 2.24. The summed E-state index contributed by atoms with van der Waals surface area (Å²) in [6, 6.07) is -0.574. The number of nitrogens with zero attached hydrogens (tertiary/aromatic N) is 1. The zero-order chi connectivity index (χ0) is 15.4. The standard InChI is InChI=1S/C13H19N5O2S/c1-7-10(8(2)17-13(20)16-7)11(19)15-5-3-4-9-6-21-12(14)18-9/h6-7H,3-5H2,1-2H3,(H2,14,18)(H,15,19)(H2,16,17,20). The fraction of sp³-hybridized carbons (Fsp3) is 0.462. The fourth-order valence-corrected chi connectivity index (χ4v) is 2.84. The Kier molecular flexibility index (Phi) is 4.79. The Hall–Kier alpha value is -2.09. The van der Waals surface area contributed by atoms with Crippen molar-refractivity contribution in [2.24, 2.45) is 0 Å². The van der Waals surface area contributed by atoms with Crippen molar-refractivity contribution in [2.75, 3.05) is 12.3 Å². The molecule has 21 heavy (non-hydrogen) atoms. The summed E-state index contributed by atoms with van der Waals surface area (Å²) in [4.78, 5) is 27.6. The molecule has 0 radical (unpaired) electrons. The lowest BCUT2D eigenvalue weighted by Gasteiger charge is -2.25. The average Bonchev–Trinajstić information content (AvgIpc) is 2.79. The second-order valence-corrected chi connectivity index (χ2v) is 5.79. The minimum atomic E-state index is -0.294. The van der Waals surface area contributed by atoms with E-state index in [1.807, 2.05) is 5.38 Å². The molecule has 0 fully saturated rings. The number of hydrogen-bond donors (Lipinski definition) is 4. The molecule has 1 atom stereocenters. The maximum Gasteiger partial charge on any atom is 0.319 e. The smallest absolute Gasteiger partial charge is 0.319 e. The van der Waals surface area contributed by atoms with Gasteiger partial charge in [-0.15, -0.1) is 11.3 Å². The number of aryl methyl sites for hydroxylation is 1. The van der Waals surface area contributed by atoms with E-state index in [1.54, 1.807) is 13.8 Å². The molecule has 0 saturated heterocycles. The largest absolute Gasteiger partial charge is 0.375 e. The Labute approximate surface area is 127 Å². The van der Waals surface area contributed by atoms with Gasteiger partial charge < -0.3 is 21.7 Å². The summed E-state index contributed by atoms with van der Waals surface area (Å²) in [5, 5.41) is 10.6. The molecule has 8 heteroatoms. The molecule has 1 aliphatic rings. The third-order valence-electron chi connectivity index (χ3n) is 3.20. The van der Waals surface area contributed by atoms with E-state index in [-0.39, 0.29) is 18.0 Å². The molecule has 2 heterocycles. The Balaban J connectivity index is 1.81. The van der Waals surface area contributed by atoms with E-state index in [1.165, 1.54) is 11.3 Å². The molecule has 1 aliphatic heterocycles. The first kappa shape index (κ1) is 15.3. The van der Waals surface area contributed by atoms with Crippen molar-refractivity contribution in [1.29, 1.82) is 0 Å². The van der Waals surface area contributed by atoms with Crippen LogP contribution in [-0.2, 0) is 11.2 Å². The van der Waals surface area contributed by atoms with Crippen LogP contribution in [0.5, 0.6) is 0 Å². The SMILES string of the molecule is CC1=C(C(=O)NCCCc2csc(N)n2)C(C)NC(=O)N1. The molecule has 7 nitrogen and oxygen atoms in total. The number of carbonyl (C=O) groups is 2. The lowest BCUT2D eigenvalue weighted by atomic mass is 10.0. The Bertz CT molecular complexity index is 581. The highest BCUT2D eigenvalue weighted by atomic mass is 32.1. The number of thiazole rings is 1. The van der Waals surface area contributed by atoms with Crippen LogP contribution in [0.3, 0.4) is 0 Å². The van der Waals surface area contributed by atoms with Gasteiger partial charge in [-0.2, -0.15) is 0 Å². The van der Waals surface area contributed by atoms with Crippen LogP contribution in [0.4, 0.5) is 9.93 Å². The van der Waals surface area contributed by atoms with Gasteiger partial charge in [0.05, 0.1) is 17.3 Å². The van der Waals surface area contributed by atoms with Gasteiger partial charge in [0.2, 0.25) is 0 Å². The Morgan fingerprint density at radius 3 is 2.95 bits per heavy atom. The maximum absolute atomic E-state index is 12.1. The van der Waals surface area contributed by atoms with Crippen LogP contribution in [0.25, 0.3) is 0 Å². The number of aromatic nitrogens is 1. The van der Waals surface area contributed by atoms with Gasteiger partial charge in [-0.3, -0.25) is 4.79 Å². The molecule has 1 unspecified atom stereocenters. The molecule has 0 saturated carbocycles. The topological polar surface area (TPSA) is 109 Å². The number of carbonyl (C=O) groups excluding carboxylic acids is 2. The lowest BCUT2D eigenvalue weighted by Crippen LogP contribution is -2.50. The first-order valence-electron chi connectivity index (χ1n) is 6.73. The Morgan fingerprint density at radius 1 is 1.57 bits per heavy atom. The quantitative estimate of drug-likeness (QED) is 0.602. The van der Waals surface area contributed by atoms with Gasteiger partial charge in [0.1, 0.15) is 0 Å². The van der Waals surface area contributed by atoms with E-state index in [0.717, 1.165) is 18.5 Å². The van der Waals surface area contributed by atoms with Gasteiger partial charge in [-0.05, 0) is 26.7 Å². The van der Waals surface area contributed by atoms with E-state index in [2.05, 4.69) is 20.9 Å². The van der Waals surface area contributed by atoms with Crippen molar-refractivity contribution in [3.05, 3.63) is 22.3 Å². The van der Waals surface area contributed by atoms with Crippen molar-refractivity contribution < 1.29 is 9.59 Å². The zero-order valence-corrected chi connectivity index (χ0v) is 12.8. The number of nitrogens with two attached hydrogens (primary N) is 1. The maximum atomic E-state index is 12.1. The average molecular weight is 309 g/mol. The highest BCUT2D eigenvalue weighted by Gasteiger charge is 2.26. The van der Waals surface area contributed by atoms with Crippen molar-refractivity contribution in [1.82, 2.24) is 20.9 Å². The van der Waals surface area contributed by atoms with Crippen molar-refractivity contribution in [2.45, 2.75) is 32.7 Å². The minimum absolute atomic E-state index is 0.162. The number of rotatable bonds is 5.